The molecule has 0 aromatic heterocycles. The molecule has 0 heterocycles. The maximum absolute atomic E-state index is 10.9. The number of rotatable bonds is 5. The van der Waals surface area contributed by atoms with E-state index in [1.165, 1.54) is 13.8 Å². The first-order valence-corrected chi connectivity index (χ1v) is 5.81. The van der Waals surface area contributed by atoms with Crippen LogP contribution < -0.4 is 0 Å². The van der Waals surface area contributed by atoms with E-state index in [0.29, 0.717) is 5.78 Å². The topological polar surface area (TPSA) is 76.0 Å². The summed E-state index contributed by atoms with van der Waals surface area (Å²) in [6.45, 7) is 2.60. The van der Waals surface area contributed by atoms with Gasteiger partial charge in [-0.25, -0.2) is 0 Å². The van der Waals surface area contributed by atoms with Crippen molar-refractivity contribution >= 4 is 5.78 Å². The summed E-state index contributed by atoms with van der Waals surface area (Å²) in [6, 6.07) is 0. The molecule has 0 aromatic rings. The van der Waals surface area contributed by atoms with Gasteiger partial charge in [0.2, 0.25) is 0 Å². The van der Waals surface area contributed by atoms with Gasteiger partial charge in [-0.1, -0.05) is 0 Å². The van der Waals surface area contributed by atoms with Gasteiger partial charge in [-0.15, -0.1) is 0 Å². The highest BCUT2D eigenvalue weighted by Gasteiger charge is 2.28. The molecule has 2 N–H and O–H groups in total. The molecule has 0 saturated heterocycles. The number of hydrogen-bond donors (Lipinski definition) is 2. The average molecular weight is 248 g/mol. The van der Waals surface area contributed by atoms with Gasteiger partial charge in [-0.2, -0.15) is 0 Å². The average Bonchev–Trinajstić information content (AvgIpc) is 2.20. The third kappa shape index (κ3) is 9.23. The smallest absolute Gasteiger partial charge is 0.156 e. The lowest BCUT2D eigenvalue weighted by Gasteiger charge is -2.25. The van der Waals surface area contributed by atoms with Crippen LogP contribution in [0.2, 0.25) is 0 Å². The van der Waals surface area contributed by atoms with E-state index in [1.54, 1.807) is 14.2 Å². The van der Waals surface area contributed by atoms with Crippen LogP contribution in [0.4, 0.5) is 0 Å². The van der Waals surface area contributed by atoms with Gasteiger partial charge in [0.15, 0.2) is 12.1 Å². The molecule has 1 rings (SSSR count). The molecular formula is C12H24O5. The molecule has 1 atom stereocenters. The van der Waals surface area contributed by atoms with Crippen LogP contribution in [0.3, 0.4) is 0 Å². The van der Waals surface area contributed by atoms with E-state index in [-0.39, 0.29) is 12.2 Å². The largest absolute Gasteiger partial charge is 0.366 e. The lowest BCUT2D eigenvalue weighted by atomic mass is 9.80. The summed E-state index contributed by atoms with van der Waals surface area (Å²) >= 11 is 0. The maximum atomic E-state index is 10.9. The van der Waals surface area contributed by atoms with Gasteiger partial charge in [-0.3, -0.25) is 4.79 Å². The van der Waals surface area contributed by atoms with Crippen molar-refractivity contribution in [3.05, 3.63) is 0 Å². The predicted octanol–water partition coefficient (Wildman–Crippen LogP) is 1.07. The number of aliphatic hydroxyl groups is 2. The number of carbonyl (C=O) groups excluding carboxylic acids is 1. The molecule has 0 amide bonds. The highest BCUT2D eigenvalue weighted by atomic mass is 16.7. The van der Waals surface area contributed by atoms with E-state index in [2.05, 4.69) is 0 Å². The number of Topliss-reactive ketones (excluding diaryl/α,β-unsaturated/α-hetero) is 1. The fourth-order valence-electron chi connectivity index (χ4n) is 1.44. The van der Waals surface area contributed by atoms with Gasteiger partial charge in [0.05, 0.1) is 0 Å². The fourth-order valence-corrected chi connectivity index (χ4v) is 1.44. The zero-order valence-corrected chi connectivity index (χ0v) is 11.1. The lowest BCUT2D eigenvalue weighted by molar-refractivity contribution is -0.133. The molecule has 5 nitrogen and oxygen atoms in total. The first-order valence-electron chi connectivity index (χ1n) is 5.81. The molecule has 1 saturated carbocycles. The fraction of sp³-hybridized carbons (Fsp3) is 0.917. The third-order valence-electron chi connectivity index (χ3n) is 2.47. The summed E-state index contributed by atoms with van der Waals surface area (Å²) in [5.41, 5.74) is 0. The Hall–Kier alpha value is -0.490. The van der Waals surface area contributed by atoms with Crippen LogP contribution in [0.15, 0.2) is 0 Å². The Morgan fingerprint density at radius 3 is 2.06 bits per heavy atom. The van der Waals surface area contributed by atoms with Gasteiger partial charge in [0, 0.05) is 26.6 Å². The first-order chi connectivity index (χ1) is 7.77. The standard InChI is InChI=1S/C9H16O3.C3H8O2/c1-11-9(12-2)6-4-7-3-5-8(7)10;1-3(2,4)5/h7,9H,3-6H2,1-2H3;4-5H,1-2H3. The summed E-state index contributed by atoms with van der Waals surface area (Å²) in [4.78, 5) is 10.9. The Morgan fingerprint density at radius 2 is 1.82 bits per heavy atom. The van der Waals surface area contributed by atoms with Crippen LogP contribution in [-0.2, 0) is 14.3 Å². The number of methoxy groups -OCH3 is 2. The van der Waals surface area contributed by atoms with Crippen molar-refractivity contribution in [1.82, 2.24) is 0 Å². The summed E-state index contributed by atoms with van der Waals surface area (Å²) < 4.78 is 10.0. The molecule has 0 spiro atoms. The summed E-state index contributed by atoms with van der Waals surface area (Å²) in [6.07, 6.45) is 3.42. The Morgan fingerprint density at radius 1 is 1.35 bits per heavy atom. The van der Waals surface area contributed by atoms with Crippen molar-refractivity contribution in [2.45, 2.75) is 51.6 Å². The molecule has 1 fully saturated rings. The Kier molecular flexibility index (Phi) is 7.54. The van der Waals surface area contributed by atoms with E-state index < -0.39 is 5.79 Å². The molecule has 0 aliphatic heterocycles. The van der Waals surface area contributed by atoms with Crippen LogP contribution in [-0.4, -0.2) is 42.3 Å². The third-order valence-corrected chi connectivity index (χ3v) is 2.47. The summed E-state index contributed by atoms with van der Waals surface area (Å²) in [5.74, 6) is -0.807. The molecule has 5 heteroatoms. The van der Waals surface area contributed by atoms with Crippen molar-refractivity contribution in [1.29, 1.82) is 0 Å². The summed E-state index contributed by atoms with van der Waals surface area (Å²) in [7, 11) is 3.24. The van der Waals surface area contributed by atoms with Gasteiger partial charge < -0.3 is 19.7 Å². The second kappa shape index (κ2) is 7.76. The molecule has 17 heavy (non-hydrogen) atoms. The van der Waals surface area contributed by atoms with Gasteiger partial charge in [0.25, 0.3) is 0 Å². The Balaban J connectivity index is 0.000000437. The van der Waals surface area contributed by atoms with E-state index >= 15 is 0 Å². The lowest BCUT2D eigenvalue weighted by Crippen LogP contribution is -2.27. The number of ketones is 1. The van der Waals surface area contributed by atoms with Crippen LogP contribution in [0.5, 0.6) is 0 Å². The molecule has 0 aromatic carbocycles. The Labute approximate surface area is 103 Å². The summed E-state index contributed by atoms with van der Waals surface area (Å²) in [5, 5.41) is 16.2. The number of ether oxygens (including phenoxy) is 2. The maximum Gasteiger partial charge on any atom is 0.156 e. The van der Waals surface area contributed by atoms with Gasteiger partial charge in [-0.05, 0) is 33.1 Å². The van der Waals surface area contributed by atoms with Crippen molar-refractivity contribution in [2.75, 3.05) is 14.2 Å². The zero-order chi connectivity index (χ0) is 13.5. The highest BCUT2D eigenvalue weighted by molar-refractivity contribution is 5.86. The van der Waals surface area contributed by atoms with Crippen LogP contribution >= 0.6 is 0 Å². The van der Waals surface area contributed by atoms with Gasteiger partial charge in [0.1, 0.15) is 5.78 Å². The number of hydrogen-bond acceptors (Lipinski definition) is 5. The van der Waals surface area contributed by atoms with Crippen LogP contribution in [0.25, 0.3) is 0 Å². The van der Waals surface area contributed by atoms with Crippen molar-refractivity contribution < 1.29 is 24.5 Å². The van der Waals surface area contributed by atoms with Gasteiger partial charge >= 0.3 is 0 Å². The normalized spacial score (nSPS) is 19.7. The monoisotopic (exact) mass is 248 g/mol. The minimum absolute atomic E-state index is 0.140. The highest BCUT2D eigenvalue weighted by Crippen LogP contribution is 2.27. The van der Waals surface area contributed by atoms with E-state index in [4.69, 9.17) is 19.7 Å². The quantitative estimate of drug-likeness (QED) is 0.712. The second-order valence-corrected chi connectivity index (χ2v) is 4.67. The second-order valence-electron chi connectivity index (χ2n) is 4.67. The van der Waals surface area contributed by atoms with Crippen molar-refractivity contribution in [2.24, 2.45) is 5.92 Å². The molecule has 1 unspecified atom stereocenters. The molecule has 0 bridgehead atoms. The SMILES string of the molecule is CC(C)(O)O.COC(CCC1CCC1=O)OC. The molecular weight excluding hydrogens is 224 g/mol. The minimum atomic E-state index is -1.50. The molecule has 1 aliphatic carbocycles. The van der Waals surface area contributed by atoms with E-state index in [0.717, 1.165) is 25.7 Å². The first kappa shape index (κ1) is 16.5. The Bertz CT molecular complexity index is 211. The minimum Gasteiger partial charge on any atom is -0.366 e. The van der Waals surface area contributed by atoms with Crippen LogP contribution in [0.1, 0.15) is 39.5 Å². The molecule has 1 aliphatic rings. The number of carbonyl (C=O) groups is 1. The van der Waals surface area contributed by atoms with Crippen LogP contribution in [0, 0.1) is 5.92 Å². The molecule has 0 radical (unpaired) electrons. The zero-order valence-electron chi connectivity index (χ0n) is 11.1. The van der Waals surface area contributed by atoms with Crippen molar-refractivity contribution in [3.8, 4) is 0 Å². The van der Waals surface area contributed by atoms with Crippen molar-refractivity contribution in [3.63, 3.8) is 0 Å². The predicted molar refractivity (Wildman–Crippen MR) is 63.3 cm³/mol. The molecule has 102 valence electrons. The van der Waals surface area contributed by atoms with E-state index in [1.807, 2.05) is 0 Å². The van der Waals surface area contributed by atoms with E-state index in [9.17, 15) is 4.79 Å².